The van der Waals surface area contributed by atoms with Gasteiger partial charge in [0.25, 0.3) is 0 Å². The Labute approximate surface area is 304 Å². The summed E-state index contributed by atoms with van der Waals surface area (Å²) in [6, 6.07) is 34.4. The molecule has 0 aliphatic carbocycles. The monoisotopic (exact) mass is 825 g/mol. The third kappa shape index (κ3) is 6.37. The number of hydrogen-bond donors (Lipinski definition) is 0. The van der Waals surface area contributed by atoms with Gasteiger partial charge in [0.05, 0.1) is 11.4 Å². The van der Waals surface area contributed by atoms with Gasteiger partial charge in [0, 0.05) is 34.2 Å². The Morgan fingerprint density at radius 3 is 2.24 bits per heavy atom. The maximum absolute atomic E-state index is 6.51. The van der Waals surface area contributed by atoms with Crippen molar-refractivity contribution in [1.82, 2.24) is 19.3 Å². The number of hydrogen-bond acceptors (Lipinski definition) is 3. The van der Waals surface area contributed by atoms with Gasteiger partial charge >= 0.3 is 21.1 Å². The van der Waals surface area contributed by atoms with E-state index < -0.39 is 0 Å². The standard InChI is InChI=1S/C43H42N4O.Pt/c1-9-13-37-41(31-23-28(3)30(5)29(4)24-31)42(43(6,7)8)47(45-37)32-14-12-15-33(25-32)48-34-18-19-36-35-16-10-11-17-38(35)46(39(36)26-34)40-22-27(2)20-21-44-40;/h10-12,14-24H,9,13H2,1-8H3;/q-2;+2. The van der Waals surface area contributed by atoms with Gasteiger partial charge < -0.3 is 9.30 Å². The molecular formula is C43H42N4OPt. The zero-order chi connectivity index (χ0) is 33.7. The Kier molecular flexibility index (Phi) is 9.44. The molecule has 0 radical (unpaired) electrons. The maximum atomic E-state index is 6.51. The molecule has 6 heteroatoms. The van der Waals surface area contributed by atoms with E-state index in [-0.39, 0.29) is 26.5 Å². The Morgan fingerprint density at radius 1 is 0.796 bits per heavy atom. The average molecular weight is 826 g/mol. The van der Waals surface area contributed by atoms with Crippen molar-refractivity contribution in [3.05, 3.63) is 131 Å². The van der Waals surface area contributed by atoms with Crippen LogP contribution in [0.2, 0.25) is 0 Å². The van der Waals surface area contributed by atoms with Gasteiger partial charge in [-0.05, 0) is 91.2 Å². The van der Waals surface area contributed by atoms with Crippen molar-refractivity contribution in [1.29, 1.82) is 0 Å². The maximum Gasteiger partial charge on any atom is 2.00 e. The molecule has 0 fully saturated rings. The summed E-state index contributed by atoms with van der Waals surface area (Å²) in [6.07, 6.45) is 3.76. The van der Waals surface area contributed by atoms with Crippen LogP contribution in [-0.4, -0.2) is 19.3 Å². The number of fused-ring (bicyclic) bond motifs is 3. The number of para-hydroxylation sites is 1. The fraction of sp³-hybridized carbons (Fsp3) is 0.256. The van der Waals surface area contributed by atoms with Gasteiger partial charge in [-0.1, -0.05) is 70.0 Å². The van der Waals surface area contributed by atoms with Crippen molar-refractivity contribution in [2.75, 3.05) is 0 Å². The molecule has 0 unspecified atom stereocenters. The Morgan fingerprint density at radius 2 is 1.53 bits per heavy atom. The topological polar surface area (TPSA) is 44.9 Å². The molecule has 250 valence electrons. The van der Waals surface area contributed by atoms with Crippen LogP contribution < -0.4 is 4.74 Å². The molecule has 0 amide bonds. The molecule has 0 atom stereocenters. The van der Waals surface area contributed by atoms with Crippen LogP contribution in [-0.2, 0) is 32.9 Å². The van der Waals surface area contributed by atoms with E-state index >= 15 is 0 Å². The second-order valence-corrected chi connectivity index (χ2v) is 13.9. The van der Waals surface area contributed by atoms with E-state index in [1.54, 1.807) is 0 Å². The van der Waals surface area contributed by atoms with Crippen LogP contribution in [0.4, 0.5) is 0 Å². The van der Waals surface area contributed by atoms with Gasteiger partial charge in [-0.15, -0.1) is 35.7 Å². The SMILES string of the molecule is CCCc1nn(-c2[c-]c(Oc3[c-]c4c(cc3)c3ccccc3n4-c3cc(C)ccn3)ccc2)c(C(C)(C)C)c1-c1cc(C)c(C)c(C)c1.[Pt+2]. The van der Waals surface area contributed by atoms with Crippen molar-refractivity contribution >= 4 is 21.8 Å². The zero-order valence-corrected chi connectivity index (χ0v) is 31.8. The minimum Gasteiger partial charge on any atom is -0.509 e. The number of pyridine rings is 1. The molecule has 7 aromatic rings. The van der Waals surface area contributed by atoms with Crippen molar-refractivity contribution in [3.63, 3.8) is 0 Å². The summed E-state index contributed by atoms with van der Waals surface area (Å²) in [5.74, 6) is 2.08. The first-order valence-electron chi connectivity index (χ1n) is 16.8. The van der Waals surface area contributed by atoms with Gasteiger partial charge in [0.2, 0.25) is 0 Å². The normalized spacial score (nSPS) is 11.7. The summed E-state index contributed by atoms with van der Waals surface area (Å²) >= 11 is 0. The molecular weight excluding hydrogens is 784 g/mol. The van der Waals surface area contributed by atoms with Crippen LogP contribution in [0.1, 0.15) is 67.8 Å². The molecule has 4 aromatic carbocycles. The van der Waals surface area contributed by atoms with Crippen molar-refractivity contribution in [3.8, 4) is 34.1 Å². The van der Waals surface area contributed by atoms with Gasteiger partial charge in [0.15, 0.2) is 0 Å². The van der Waals surface area contributed by atoms with E-state index in [1.165, 1.54) is 33.5 Å². The summed E-state index contributed by atoms with van der Waals surface area (Å²) in [5, 5.41) is 7.52. The number of aromatic nitrogens is 4. The smallest absolute Gasteiger partial charge is 0.509 e. The number of nitrogens with zero attached hydrogens (tertiary/aromatic N) is 4. The molecule has 0 saturated carbocycles. The van der Waals surface area contributed by atoms with E-state index in [0.29, 0.717) is 11.5 Å². The van der Waals surface area contributed by atoms with E-state index in [2.05, 4.69) is 131 Å². The Bertz CT molecular complexity index is 2300. The summed E-state index contributed by atoms with van der Waals surface area (Å²) in [7, 11) is 0. The first-order valence-corrected chi connectivity index (χ1v) is 16.8. The van der Waals surface area contributed by atoms with Crippen LogP contribution in [0.25, 0.3) is 44.4 Å². The largest absolute Gasteiger partial charge is 2.00 e. The molecule has 0 aliphatic heterocycles. The third-order valence-electron chi connectivity index (χ3n) is 9.26. The molecule has 0 spiro atoms. The molecule has 5 nitrogen and oxygen atoms in total. The second-order valence-electron chi connectivity index (χ2n) is 13.9. The Hall–Kier alpha value is -4.47. The number of benzene rings is 4. The number of aryl methyl sites for hydroxylation is 4. The zero-order valence-electron chi connectivity index (χ0n) is 29.5. The van der Waals surface area contributed by atoms with E-state index in [0.717, 1.165) is 57.4 Å². The van der Waals surface area contributed by atoms with Crippen LogP contribution in [0.5, 0.6) is 11.5 Å². The first kappa shape index (κ1) is 34.4. The Balaban J connectivity index is 0.00000417. The summed E-state index contributed by atoms with van der Waals surface area (Å²) in [4.78, 5) is 4.71. The number of ether oxygens (including phenoxy) is 1. The molecule has 3 aromatic heterocycles. The molecule has 0 N–H and O–H groups in total. The predicted molar refractivity (Wildman–Crippen MR) is 197 cm³/mol. The van der Waals surface area contributed by atoms with Crippen LogP contribution in [0, 0.1) is 39.8 Å². The predicted octanol–water partition coefficient (Wildman–Crippen LogP) is 10.9. The van der Waals surface area contributed by atoms with Crippen LogP contribution >= 0.6 is 0 Å². The minimum absolute atomic E-state index is 0. The first-order chi connectivity index (χ1) is 23.0. The van der Waals surface area contributed by atoms with Crippen LogP contribution in [0.15, 0.2) is 85.1 Å². The molecule has 0 saturated heterocycles. The van der Waals surface area contributed by atoms with Crippen molar-refractivity contribution < 1.29 is 25.8 Å². The van der Waals surface area contributed by atoms with Crippen molar-refractivity contribution in [2.45, 2.75) is 73.6 Å². The van der Waals surface area contributed by atoms with Gasteiger partial charge in [-0.2, -0.15) is 17.2 Å². The van der Waals surface area contributed by atoms with Gasteiger partial charge in [0.1, 0.15) is 5.82 Å². The van der Waals surface area contributed by atoms with E-state index in [9.17, 15) is 0 Å². The molecule has 3 heterocycles. The molecule has 0 bridgehead atoms. The fourth-order valence-corrected chi connectivity index (χ4v) is 6.78. The molecule has 7 rings (SSSR count). The molecule has 0 aliphatic rings. The minimum atomic E-state index is -0.179. The van der Waals surface area contributed by atoms with Gasteiger partial charge in [-0.25, -0.2) is 4.98 Å². The summed E-state index contributed by atoms with van der Waals surface area (Å²) in [5.41, 5.74) is 12.5. The third-order valence-corrected chi connectivity index (χ3v) is 9.26. The second kappa shape index (κ2) is 13.4. The quantitative estimate of drug-likeness (QED) is 0.150. The van der Waals surface area contributed by atoms with Crippen molar-refractivity contribution in [2.24, 2.45) is 0 Å². The average Bonchev–Trinajstić information content (AvgIpc) is 3.60. The van der Waals surface area contributed by atoms with E-state index in [4.69, 9.17) is 14.8 Å². The number of rotatable bonds is 7. The van der Waals surface area contributed by atoms with Crippen LogP contribution in [0.3, 0.4) is 0 Å². The summed E-state index contributed by atoms with van der Waals surface area (Å²) in [6.45, 7) is 17.7. The summed E-state index contributed by atoms with van der Waals surface area (Å²) < 4.78 is 10.8. The fourth-order valence-electron chi connectivity index (χ4n) is 6.78. The van der Waals surface area contributed by atoms with E-state index in [1.807, 2.05) is 30.5 Å². The van der Waals surface area contributed by atoms with Gasteiger partial charge in [-0.3, -0.25) is 4.68 Å². The molecule has 49 heavy (non-hydrogen) atoms.